The Kier molecular flexibility index (Phi) is 5.02. The van der Waals surface area contributed by atoms with E-state index in [1.165, 1.54) is 7.05 Å². The fourth-order valence-electron chi connectivity index (χ4n) is 1.83. The Morgan fingerprint density at radius 1 is 1.42 bits per heavy atom. The zero-order valence-electron chi connectivity index (χ0n) is 10.4. The molecular weight excluding hydrogens is 285 g/mol. The topological polar surface area (TPSA) is 87.8 Å². The molecule has 1 fully saturated rings. The highest BCUT2D eigenvalue weighted by Crippen LogP contribution is 2.30. The number of alkyl halides is 3. The molecule has 19 heavy (non-hydrogen) atoms. The largest absolute Gasteiger partial charge is 0.511 e. The molecule has 0 atom stereocenters. The Hall–Kier alpha value is -1.03. The number of piperidine rings is 1. The summed E-state index contributed by atoms with van der Waals surface area (Å²) in [6.07, 6.45) is 0.721. The maximum atomic E-state index is 12.3. The van der Waals surface area contributed by atoms with Gasteiger partial charge >= 0.3 is 15.5 Å². The molecule has 0 spiro atoms. The van der Waals surface area contributed by atoms with Gasteiger partial charge in [0.1, 0.15) is 0 Å². The monoisotopic (exact) mass is 302 g/mol. The van der Waals surface area contributed by atoms with Gasteiger partial charge in [0.15, 0.2) is 5.96 Å². The zero-order valence-corrected chi connectivity index (χ0v) is 11.3. The number of aliphatic imine (C=N–C) groups is 1. The van der Waals surface area contributed by atoms with E-state index < -0.39 is 15.5 Å². The molecule has 1 aliphatic rings. The van der Waals surface area contributed by atoms with Crippen molar-refractivity contribution in [3.05, 3.63) is 0 Å². The van der Waals surface area contributed by atoms with E-state index in [-0.39, 0.29) is 25.0 Å². The summed E-state index contributed by atoms with van der Waals surface area (Å²) in [4.78, 5) is 3.69. The predicted molar refractivity (Wildman–Crippen MR) is 64.8 cm³/mol. The third-order valence-corrected chi connectivity index (χ3v) is 4.65. The summed E-state index contributed by atoms with van der Waals surface area (Å²) in [6.45, 7) is 0.220. The van der Waals surface area contributed by atoms with Crippen molar-refractivity contribution < 1.29 is 21.6 Å². The van der Waals surface area contributed by atoms with Gasteiger partial charge in [0.2, 0.25) is 0 Å². The van der Waals surface area contributed by atoms with Crippen LogP contribution in [0, 0.1) is 5.92 Å². The summed E-state index contributed by atoms with van der Waals surface area (Å²) in [6, 6.07) is 0. The molecule has 112 valence electrons. The first-order valence-electron chi connectivity index (χ1n) is 5.71. The average Bonchev–Trinajstić information content (AvgIpc) is 2.35. The second kappa shape index (κ2) is 5.95. The molecule has 0 aromatic carbocycles. The van der Waals surface area contributed by atoms with Gasteiger partial charge in [-0.05, 0) is 18.8 Å². The van der Waals surface area contributed by atoms with Crippen LogP contribution in [-0.4, -0.2) is 50.9 Å². The number of sulfonamides is 1. The van der Waals surface area contributed by atoms with Crippen molar-refractivity contribution in [2.24, 2.45) is 16.6 Å². The number of nitrogens with zero attached hydrogens (tertiary/aromatic N) is 2. The van der Waals surface area contributed by atoms with Gasteiger partial charge < -0.3 is 11.1 Å². The van der Waals surface area contributed by atoms with E-state index in [0.29, 0.717) is 23.7 Å². The Morgan fingerprint density at radius 2 is 1.95 bits per heavy atom. The number of rotatable bonds is 3. The van der Waals surface area contributed by atoms with E-state index in [9.17, 15) is 21.6 Å². The van der Waals surface area contributed by atoms with E-state index in [4.69, 9.17) is 5.73 Å². The van der Waals surface area contributed by atoms with Gasteiger partial charge in [-0.1, -0.05) is 0 Å². The summed E-state index contributed by atoms with van der Waals surface area (Å²) in [7, 11) is -3.68. The van der Waals surface area contributed by atoms with Gasteiger partial charge in [0, 0.05) is 26.7 Å². The molecule has 3 N–H and O–H groups in total. The zero-order chi connectivity index (χ0) is 14.7. The van der Waals surface area contributed by atoms with Gasteiger partial charge in [-0.25, -0.2) is 8.42 Å². The molecule has 0 amide bonds. The fraction of sp³-hybridized carbons (Fsp3) is 0.889. The molecule has 0 unspecified atom stereocenters. The average molecular weight is 302 g/mol. The number of nitrogens with one attached hydrogen (secondary N) is 1. The van der Waals surface area contributed by atoms with E-state index in [1.807, 2.05) is 0 Å². The third-order valence-electron chi connectivity index (χ3n) is 3.02. The number of guanidine groups is 1. The molecule has 0 aliphatic carbocycles. The first-order valence-corrected chi connectivity index (χ1v) is 7.15. The highest BCUT2D eigenvalue weighted by atomic mass is 32.2. The van der Waals surface area contributed by atoms with Crippen molar-refractivity contribution in [1.29, 1.82) is 0 Å². The Balaban J connectivity index is 2.50. The fourth-order valence-corrected chi connectivity index (χ4v) is 2.81. The minimum Gasteiger partial charge on any atom is -0.370 e. The van der Waals surface area contributed by atoms with Crippen molar-refractivity contribution in [2.75, 3.05) is 26.7 Å². The lowest BCUT2D eigenvalue weighted by atomic mass is 9.98. The molecule has 6 nitrogen and oxygen atoms in total. The number of halogens is 3. The molecule has 0 radical (unpaired) electrons. The van der Waals surface area contributed by atoms with Crippen LogP contribution in [0.15, 0.2) is 4.99 Å². The van der Waals surface area contributed by atoms with E-state index in [1.54, 1.807) is 0 Å². The number of hydrogen-bond donors (Lipinski definition) is 2. The predicted octanol–water partition coefficient (Wildman–Crippen LogP) is 0.0821. The van der Waals surface area contributed by atoms with E-state index >= 15 is 0 Å². The van der Waals surface area contributed by atoms with Crippen LogP contribution in [0.3, 0.4) is 0 Å². The third kappa shape index (κ3) is 3.96. The molecule has 1 aliphatic heterocycles. The lowest BCUT2D eigenvalue weighted by molar-refractivity contribution is -0.0496. The Morgan fingerprint density at radius 3 is 2.37 bits per heavy atom. The normalized spacial score (nSPS) is 20.5. The van der Waals surface area contributed by atoms with Crippen molar-refractivity contribution in [3.8, 4) is 0 Å². The highest BCUT2D eigenvalue weighted by Gasteiger charge is 2.50. The lowest BCUT2D eigenvalue weighted by Gasteiger charge is -2.31. The van der Waals surface area contributed by atoms with E-state index in [2.05, 4.69) is 10.3 Å². The van der Waals surface area contributed by atoms with Crippen LogP contribution < -0.4 is 11.1 Å². The minimum absolute atomic E-state index is 0.0833. The Labute approximate surface area is 109 Å². The second-order valence-corrected chi connectivity index (χ2v) is 6.21. The van der Waals surface area contributed by atoms with Gasteiger partial charge in [-0.3, -0.25) is 4.99 Å². The molecule has 0 aromatic rings. The molecule has 1 heterocycles. The minimum atomic E-state index is -5.22. The smallest absolute Gasteiger partial charge is 0.370 e. The van der Waals surface area contributed by atoms with Crippen LogP contribution in [0.5, 0.6) is 0 Å². The van der Waals surface area contributed by atoms with Crippen molar-refractivity contribution >= 4 is 16.0 Å². The van der Waals surface area contributed by atoms with Crippen molar-refractivity contribution in [3.63, 3.8) is 0 Å². The van der Waals surface area contributed by atoms with Crippen LogP contribution in [0.2, 0.25) is 0 Å². The van der Waals surface area contributed by atoms with Gasteiger partial charge in [-0.2, -0.15) is 17.5 Å². The summed E-state index contributed by atoms with van der Waals surface area (Å²) in [5, 5.41) is 2.82. The van der Waals surface area contributed by atoms with Crippen LogP contribution in [0.4, 0.5) is 13.2 Å². The maximum Gasteiger partial charge on any atom is 0.511 e. The van der Waals surface area contributed by atoms with E-state index in [0.717, 1.165) is 0 Å². The first kappa shape index (κ1) is 16.0. The molecule has 1 saturated heterocycles. The Bertz CT molecular complexity index is 427. The molecule has 0 saturated carbocycles. The molecule has 0 bridgehead atoms. The SMILES string of the molecule is CN=C(N)NCC1CCN(S(=O)(=O)C(F)(F)F)CC1. The number of hydrogen-bond acceptors (Lipinski definition) is 3. The maximum absolute atomic E-state index is 12.3. The summed E-state index contributed by atoms with van der Waals surface area (Å²) in [5.74, 6) is 0.338. The van der Waals surface area contributed by atoms with Crippen molar-refractivity contribution in [1.82, 2.24) is 9.62 Å². The standard InChI is InChI=1S/C9H17F3N4O2S/c1-14-8(13)15-6-7-2-4-16(5-3-7)19(17,18)9(10,11)12/h7H,2-6H2,1H3,(H3,13,14,15). The first-order chi connectivity index (χ1) is 8.68. The molecule has 0 aromatic heterocycles. The van der Waals surface area contributed by atoms with Gasteiger partial charge in [0.25, 0.3) is 0 Å². The molecule has 10 heteroatoms. The summed E-state index contributed by atoms with van der Waals surface area (Å²) >= 11 is 0. The van der Waals surface area contributed by atoms with Gasteiger partial charge in [0.05, 0.1) is 0 Å². The van der Waals surface area contributed by atoms with Crippen LogP contribution in [-0.2, 0) is 10.0 Å². The second-order valence-electron chi connectivity index (χ2n) is 4.28. The summed E-state index contributed by atoms with van der Waals surface area (Å²) < 4.78 is 59.9. The lowest BCUT2D eigenvalue weighted by Crippen LogP contribution is -2.46. The highest BCUT2D eigenvalue weighted by molar-refractivity contribution is 7.90. The van der Waals surface area contributed by atoms with Crippen LogP contribution in [0.25, 0.3) is 0 Å². The quantitative estimate of drug-likeness (QED) is 0.571. The summed E-state index contributed by atoms with van der Waals surface area (Å²) in [5.41, 5.74) is 0.203. The van der Waals surface area contributed by atoms with Crippen LogP contribution >= 0.6 is 0 Å². The van der Waals surface area contributed by atoms with Gasteiger partial charge in [-0.15, -0.1) is 0 Å². The van der Waals surface area contributed by atoms with Crippen molar-refractivity contribution in [2.45, 2.75) is 18.3 Å². The molecular formula is C9H17F3N4O2S. The van der Waals surface area contributed by atoms with Crippen LogP contribution in [0.1, 0.15) is 12.8 Å². The number of nitrogens with two attached hydrogens (primary N) is 1. The molecule has 1 rings (SSSR count).